The van der Waals surface area contributed by atoms with Crippen LogP contribution in [0.1, 0.15) is 18.1 Å². The first-order valence-corrected chi connectivity index (χ1v) is 5.16. The molecule has 0 atom stereocenters. The summed E-state index contributed by atoms with van der Waals surface area (Å²) in [6.07, 6.45) is 1.43. The first kappa shape index (κ1) is 11.2. The molecule has 0 radical (unpaired) electrons. The van der Waals surface area contributed by atoms with Crippen LogP contribution < -0.4 is 0 Å². The lowest BCUT2D eigenvalue weighted by Gasteiger charge is -2.06. The van der Waals surface area contributed by atoms with Gasteiger partial charge in [0, 0.05) is 11.1 Å². The van der Waals surface area contributed by atoms with E-state index in [1.54, 1.807) is 13.0 Å². The molecule has 0 aromatic heterocycles. The summed E-state index contributed by atoms with van der Waals surface area (Å²) in [5.74, 6) is -0.765. The molecule has 0 saturated heterocycles. The monoisotopic (exact) mass is 231 g/mol. The Morgan fingerprint density at radius 1 is 1.53 bits per heavy atom. The van der Waals surface area contributed by atoms with E-state index in [1.165, 1.54) is 18.2 Å². The second-order valence-corrected chi connectivity index (χ2v) is 3.48. The highest BCUT2D eigenvalue weighted by Crippen LogP contribution is 2.37. The molecule has 86 valence electrons. The molecule has 1 N–H and O–H groups in total. The van der Waals surface area contributed by atoms with Gasteiger partial charge in [-0.25, -0.2) is 4.39 Å². The van der Waals surface area contributed by atoms with Gasteiger partial charge in [0.2, 0.25) is 0 Å². The quantitative estimate of drug-likeness (QED) is 0.796. The van der Waals surface area contributed by atoms with E-state index >= 15 is 0 Å². The first-order valence-electron chi connectivity index (χ1n) is 5.16. The third-order valence-corrected chi connectivity index (χ3v) is 2.49. The molecule has 1 aliphatic carbocycles. The SMILES string of the molecule is CCOC(O)=C1C=C(C#N)c2c(F)cccc21. The summed E-state index contributed by atoms with van der Waals surface area (Å²) < 4.78 is 18.6. The van der Waals surface area contributed by atoms with Gasteiger partial charge in [-0.3, -0.25) is 0 Å². The highest BCUT2D eigenvalue weighted by atomic mass is 19.1. The predicted molar refractivity (Wildman–Crippen MR) is 61.2 cm³/mol. The molecule has 0 amide bonds. The lowest BCUT2D eigenvalue weighted by molar-refractivity contribution is 0.105. The number of rotatable bonds is 2. The minimum atomic E-state index is -0.477. The Bertz CT molecular complexity index is 567. The highest BCUT2D eigenvalue weighted by molar-refractivity contribution is 6.00. The lowest BCUT2D eigenvalue weighted by Crippen LogP contribution is -1.95. The van der Waals surface area contributed by atoms with Crippen LogP contribution in [0.5, 0.6) is 0 Å². The largest absolute Gasteiger partial charge is 0.481 e. The minimum Gasteiger partial charge on any atom is -0.481 e. The Hall–Kier alpha value is -2.28. The zero-order valence-electron chi connectivity index (χ0n) is 9.20. The third-order valence-electron chi connectivity index (χ3n) is 2.49. The van der Waals surface area contributed by atoms with E-state index in [4.69, 9.17) is 10.00 Å². The van der Waals surface area contributed by atoms with E-state index in [0.29, 0.717) is 17.7 Å². The van der Waals surface area contributed by atoms with Crippen molar-refractivity contribution in [3.8, 4) is 6.07 Å². The van der Waals surface area contributed by atoms with E-state index < -0.39 is 5.82 Å². The lowest BCUT2D eigenvalue weighted by atomic mass is 10.0. The van der Waals surface area contributed by atoms with Gasteiger partial charge in [-0.2, -0.15) is 5.26 Å². The predicted octanol–water partition coefficient (Wildman–Crippen LogP) is 3.01. The van der Waals surface area contributed by atoms with E-state index in [9.17, 15) is 9.50 Å². The van der Waals surface area contributed by atoms with E-state index in [2.05, 4.69) is 0 Å². The van der Waals surface area contributed by atoms with Crippen LogP contribution in [0.15, 0.2) is 30.2 Å². The summed E-state index contributed by atoms with van der Waals surface area (Å²) >= 11 is 0. The van der Waals surface area contributed by atoms with Crippen molar-refractivity contribution in [1.29, 1.82) is 5.26 Å². The second kappa shape index (κ2) is 4.30. The zero-order valence-corrected chi connectivity index (χ0v) is 9.20. The third kappa shape index (κ3) is 1.76. The minimum absolute atomic E-state index is 0.194. The highest BCUT2D eigenvalue weighted by Gasteiger charge is 2.25. The smallest absolute Gasteiger partial charge is 0.284 e. The molecule has 0 saturated carbocycles. The molecular formula is C13H10FNO2. The Morgan fingerprint density at radius 3 is 2.94 bits per heavy atom. The van der Waals surface area contributed by atoms with Crippen molar-refractivity contribution in [2.75, 3.05) is 6.61 Å². The number of nitrogens with zero attached hydrogens (tertiary/aromatic N) is 1. The maximum atomic E-state index is 13.6. The number of aliphatic hydroxyl groups excluding tert-OH is 1. The van der Waals surface area contributed by atoms with Crippen molar-refractivity contribution >= 4 is 11.1 Å². The van der Waals surface area contributed by atoms with Crippen LogP contribution in [0.4, 0.5) is 4.39 Å². The van der Waals surface area contributed by atoms with Crippen LogP contribution >= 0.6 is 0 Å². The molecule has 0 fully saturated rings. The summed E-state index contributed by atoms with van der Waals surface area (Å²) in [5, 5.41) is 18.6. The number of aliphatic hydroxyl groups is 1. The Labute approximate surface area is 98.1 Å². The van der Waals surface area contributed by atoms with Gasteiger partial charge in [0.25, 0.3) is 5.95 Å². The summed E-state index contributed by atoms with van der Waals surface area (Å²) in [4.78, 5) is 0. The van der Waals surface area contributed by atoms with Gasteiger partial charge in [-0.1, -0.05) is 12.1 Å². The molecule has 3 nitrogen and oxygen atoms in total. The number of allylic oxidation sites excluding steroid dienone is 3. The van der Waals surface area contributed by atoms with Crippen LogP contribution in [0.2, 0.25) is 0 Å². The van der Waals surface area contributed by atoms with Crippen molar-refractivity contribution in [2.24, 2.45) is 0 Å². The van der Waals surface area contributed by atoms with Gasteiger partial charge >= 0.3 is 0 Å². The fourth-order valence-corrected chi connectivity index (χ4v) is 1.80. The Morgan fingerprint density at radius 2 is 2.29 bits per heavy atom. The van der Waals surface area contributed by atoms with Crippen LogP contribution in [-0.4, -0.2) is 11.7 Å². The Balaban J connectivity index is 2.65. The molecule has 4 heteroatoms. The molecule has 17 heavy (non-hydrogen) atoms. The molecule has 2 rings (SSSR count). The second-order valence-electron chi connectivity index (χ2n) is 3.48. The van der Waals surface area contributed by atoms with Crippen LogP contribution in [0, 0.1) is 17.1 Å². The van der Waals surface area contributed by atoms with Gasteiger partial charge in [-0.15, -0.1) is 0 Å². The van der Waals surface area contributed by atoms with Crippen molar-refractivity contribution < 1.29 is 14.2 Å². The number of fused-ring (bicyclic) bond motifs is 1. The van der Waals surface area contributed by atoms with Crippen molar-refractivity contribution in [3.63, 3.8) is 0 Å². The van der Waals surface area contributed by atoms with Crippen molar-refractivity contribution in [2.45, 2.75) is 6.92 Å². The summed E-state index contributed by atoms with van der Waals surface area (Å²) in [6.45, 7) is 2.03. The number of benzene rings is 1. The number of hydrogen-bond acceptors (Lipinski definition) is 3. The van der Waals surface area contributed by atoms with Crippen molar-refractivity contribution in [1.82, 2.24) is 0 Å². The molecule has 1 aromatic carbocycles. The molecule has 0 aliphatic heterocycles. The van der Waals surface area contributed by atoms with Crippen molar-refractivity contribution in [3.05, 3.63) is 47.2 Å². The van der Waals surface area contributed by atoms with Gasteiger partial charge in [0.15, 0.2) is 0 Å². The van der Waals surface area contributed by atoms with Gasteiger partial charge in [0.1, 0.15) is 5.82 Å². The van der Waals surface area contributed by atoms with Crippen LogP contribution in [0.25, 0.3) is 11.1 Å². The van der Waals surface area contributed by atoms with Gasteiger partial charge < -0.3 is 9.84 Å². The van der Waals surface area contributed by atoms with E-state index in [0.717, 1.165) is 0 Å². The fourth-order valence-electron chi connectivity index (χ4n) is 1.80. The molecule has 0 unspecified atom stereocenters. The average Bonchev–Trinajstić information content (AvgIpc) is 2.69. The first-order chi connectivity index (χ1) is 8.19. The molecular weight excluding hydrogens is 221 g/mol. The number of halogens is 1. The Kier molecular flexibility index (Phi) is 2.84. The van der Waals surface area contributed by atoms with Gasteiger partial charge in [0.05, 0.1) is 23.8 Å². The maximum Gasteiger partial charge on any atom is 0.284 e. The van der Waals surface area contributed by atoms with Gasteiger partial charge in [-0.05, 0) is 19.1 Å². The standard InChI is InChI=1S/C13H10FNO2/c1-2-17-13(16)10-6-8(7-15)12-9(10)4-3-5-11(12)14/h3-6,16H,2H2,1H3. The van der Waals surface area contributed by atoms with E-state index in [-0.39, 0.29) is 17.1 Å². The van der Waals surface area contributed by atoms with Crippen LogP contribution in [-0.2, 0) is 4.74 Å². The molecule has 0 spiro atoms. The number of hydrogen-bond donors (Lipinski definition) is 1. The summed E-state index contributed by atoms with van der Waals surface area (Å²) in [7, 11) is 0. The number of ether oxygens (including phenoxy) is 1. The molecule has 1 aliphatic rings. The topological polar surface area (TPSA) is 53.2 Å². The number of nitriles is 1. The molecule has 1 aromatic rings. The molecule has 0 heterocycles. The fraction of sp³-hybridized carbons (Fsp3) is 0.154. The van der Waals surface area contributed by atoms with E-state index in [1.807, 2.05) is 6.07 Å². The average molecular weight is 231 g/mol. The zero-order chi connectivity index (χ0) is 12.4. The summed E-state index contributed by atoms with van der Waals surface area (Å²) in [5.41, 5.74) is 1.24. The normalized spacial score (nSPS) is 15.9. The molecule has 0 bridgehead atoms. The van der Waals surface area contributed by atoms with Crippen LogP contribution in [0.3, 0.4) is 0 Å². The summed E-state index contributed by atoms with van der Waals surface area (Å²) in [6, 6.07) is 6.36. The maximum absolute atomic E-state index is 13.6.